The Morgan fingerprint density at radius 1 is 1.33 bits per heavy atom. The highest BCUT2D eigenvalue weighted by molar-refractivity contribution is 5.62. The van der Waals surface area contributed by atoms with E-state index in [4.69, 9.17) is 4.74 Å². The first-order valence-corrected chi connectivity index (χ1v) is 8.01. The molecule has 1 aromatic carbocycles. The maximum absolute atomic E-state index is 9.56. The molecule has 0 aromatic heterocycles. The Balaban J connectivity index is 2.07. The number of benzene rings is 1. The second-order valence-electron chi connectivity index (χ2n) is 7.21. The Labute approximate surface area is 127 Å². The Kier molecular flexibility index (Phi) is 3.64. The van der Waals surface area contributed by atoms with E-state index < -0.39 is 0 Å². The summed E-state index contributed by atoms with van der Waals surface area (Å²) in [6, 6.07) is 6.47. The molecule has 3 heteroatoms. The highest BCUT2D eigenvalue weighted by Gasteiger charge is 2.47. The molecule has 0 spiro atoms. The number of ether oxygens (including phenoxy) is 1. The minimum Gasteiger partial charge on any atom is -0.497 e. The highest BCUT2D eigenvalue weighted by Crippen LogP contribution is 2.54. The van der Waals surface area contributed by atoms with E-state index >= 15 is 0 Å². The Morgan fingerprint density at radius 3 is 2.76 bits per heavy atom. The first kappa shape index (κ1) is 14.7. The van der Waals surface area contributed by atoms with Gasteiger partial charge in [-0.1, -0.05) is 6.07 Å². The van der Waals surface area contributed by atoms with Gasteiger partial charge in [-0.2, -0.15) is 0 Å². The molecule has 3 rings (SSSR count). The number of hydrogen-bond acceptors (Lipinski definition) is 3. The molecular formula is C18H27NO2. The van der Waals surface area contributed by atoms with Crippen LogP contribution >= 0.6 is 0 Å². The summed E-state index contributed by atoms with van der Waals surface area (Å²) < 4.78 is 5.41. The summed E-state index contributed by atoms with van der Waals surface area (Å²) in [5.74, 6) is 2.60. The van der Waals surface area contributed by atoms with Gasteiger partial charge in [0.05, 0.1) is 7.11 Å². The first-order chi connectivity index (χ1) is 9.98. The molecule has 3 atom stereocenters. The van der Waals surface area contributed by atoms with Crippen LogP contribution < -0.4 is 9.64 Å². The molecular weight excluding hydrogens is 262 g/mol. The molecule has 1 saturated carbocycles. The maximum Gasteiger partial charge on any atom is 0.120 e. The summed E-state index contributed by atoms with van der Waals surface area (Å²) in [5.41, 5.74) is 2.87. The van der Waals surface area contributed by atoms with Gasteiger partial charge in [0.15, 0.2) is 0 Å². The molecule has 0 bridgehead atoms. The Bertz CT molecular complexity index is 526. The van der Waals surface area contributed by atoms with Crippen molar-refractivity contribution >= 4 is 5.69 Å². The standard InChI is InChI=1S/C18H27NO2/c1-18(2)16-8-5-12(11-20)9-15(16)14-7-6-13(21-4)10-17(14)19(18)3/h6-7,10,12,15-16,20H,5,8-9,11H2,1-4H3. The van der Waals surface area contributed by atoms with Gasteiger partial charge < -0.3 is 14.7 Å². The summed E-state index contributed by atoms with van der Waals surface area (Å²) in [6.45, 7) is 5.03. The van der Waals surface area contributed by atoms with Crippen molar-refractivity contribution in [2.45, 2.75) is 44.6 Å². The van der Waals surface area contributed by atoms with Crippen molar-refractivity contribution in [3.63, 3.8) is 0 Å². The van der Waals surface area contributed by atoms with Gasteiger partial charge in [0.25, 0.3) is 0 Å². The normalized spacial score (nSPS) is 30.5. The smallest absolute Gasteiger partial charge is 0.120 e. The average molecular weight is 289 g/mol. The van der Waals surface area contributed by atoms with Gasteiger partial charge in [-0.15, -0.1) is 0 Å². The molecule has 1 aliphatic heterocycles. The van der Waals surface area contributed by atoms with Crippen LogP contribution in [-0.2, 0) is 0 Å². The monoisotopic (exact) mass is 289 g/mol. The molecule has 116 valence electrons. The van der Waals surface area contributed by atoms with Crippen LogP contribution in [0.1, 0.15) is 44.6 Å². The lowest BCUT2D eigenvalue weighted by atomic mass is 9.61. The number of anilines is 1. The number of fused-ring (bicyclic) bond motifs is 3. The Morgan fingerprint density at radius 2 is 2.10 bits per heavy atom. The fourth-order valence-corrected chi connectivity index (χ4v) is 4.43. The molecule has 1 N–H and O–H groups in total. The molecule has 0 amide bonds. The molecule has 3 unspecified atom stereocenters. The molecule has 3 nitrogen and oxygen atoms in total. The molecule has 2 aliphatic rings. The van der Waals surface area contributed by atoms with Crippen molar-refractivity contribution in [2.24, 2.45) is 11.8 Å². The van der Waals surface area contributed by atoms with Gasteiger partial charge in [-0.3, -0.25) is 0 Å². The van der Waals surface area contributed by atoms with E-state index in [9.17, 15) is 5.11 Å². The van der Waals surface area contributed by atoms with Crippen molar-refractivity contribution in [1.82, 2.24) is 0 Å². The number of nitrogens with zero attached hydrogens (tertiary/aromatic N) is 1. The van der Waals surface area contributed by atoms with Crippen LogP contribution in [0.4, 0.5) is 5.69 Å². The second-order valence-corrected chi connectivity index (χ2v) is 7.21. The summed E-state index contributed by atoms with van der Waals surface area (Å²) in [4.78, 5) is 2.42. The molecule has 21 heavy (non-hydrogen) atoms. The van der Waals surface area contributed by atoms with E-state index in [0.29, 0.717) is 24.4 Å². The van der Waals surface area contributed by atoms with Crippen LogP contribution in [0.2, 0.25) is 0 Å². The van der Waals surface area contributed by atoms with E-state index in [-0.39, 0.29) is 5.54 Å². The zero-order chi connectivity index (χ0) is 15.2. The van der Waals surface area contributed by atoms with Crippen LogP contribution in [0.5, 0.6) is 5.75 Å². The third kappa shape index (κ3) is 2.22. The zero-order valence-corrected chi connectivity index (χ0v) is 13.6. The minimum absolute atomic E-state index is 0.143. The van der Waals surface area contributed by atoms with E-state index in [1.54, 1.807) is 7.11 Å². The van der Waals surface area contributed by atoms with Crippen LogP contribution in [0.25, 0.3) is 0 Å². The summed E-state index contributed by atoms with van der Waals surface area (Å²) in [5, 5.41) is 9.56. The van der Waals surface area contributed by atoms with Crippen molar-refractivity contribution in [1.29, 1.82) is 0 Å². The lowest BCUT2D eigenvalue weighted by molar-refractivity contribution is 0.111. The van der Waals surface area contributed by atoms with Crippen molar-refractivity contribution < 1.29 is 9.84 Å². The van der Waals surface area contributed by atoms with Gasteiger partial charge in [0, 0.05) is 30.9 Å². The van der Waals surface area contributed by atoms with Gasteiger partial charge in [0.2, 0.25) is 0 Å². The second kappa shape index (κ2) is 5.20. The Hall–Kier alpha value is -1.22. The number of rotatable bonds is 2. The van der Waals surface area contributed by atoms with E-state index in [0.717, 1.165) is 18.6 Å². The minimum atomic E-state index is 0.143. The number of aliphatic hydroxyl groups is 1. The largest absolute Gasteiger partial charge is 0.497 e. The van der Waals surface area contributed by atoms with Gasteiger partial charge in [-0.25, -0.2) is 0 Å². The highest BCUT2D eigenvalue weighted by atomic mass is 16.5. The molecule has 0 saturated heterocycles. The predicted octanol–water partition coefficient (Wildman–Crippen LogP) is 3.42. The van der Waals surface area contributed by atoms with E-state index in [1.807, 2.05) is 0 Å². The van der Waals surface area contributed by atoms with Gasteiger partial charge in [-0.05, 0) is 62.5 Å². The third-order valence-electron chi connectivity index (χ3n) is 5.99. The van der Waals surface area contributed by atoms with E-state index in [2.05, 4.69) is 44.0 Å². The lowest BCUT2D eigenvalue weighted by Gasteiger charge is -2.54. The molecule has 1 heterocycles. The number of methoxy groups -OCH3 is 1. The van der Waals surface area contributed by atoms with Crippen molar-refractivity contribution in [3.05, 3.63) is 23.8 Å². The third-order valence-corrected chi connectivity index (χ3v) is 5.99. The van der Waals surface area contributed by atoms with Gasteiger partial charge >= 0.3 is 0 Å². The van der Waals surface area contributed by atoms with E-state index in [1.165, 1.54) is 17.7 Å². The van der Waals surface area contributed by atoms with Crippen molar-refractivity contribution in [2.75, 3.05) is 25.7 Å². The quantitative estimate of drug-likeness (QED) is 0.905. The number of hydrogen-bond donors (Lipinski definition) is 1. The summed E-state index contributed by atoms with van der Waals surface area (Å²) in [7, 11) is 3.92. The van der Waals surface area contributed by atoms with Crippen LogP contribution in [0, 0.1) is 11.8 Å². The average Bonchev–Trinajstić information content (AvgIpc) is 2.51. The number of aliphatic hydroxyl groups excluding tert-OH is 1. The summed E-state index contributed by atoms with van der Waals surface area (Å²) in [6.07, 6.45) is 3.47. The molecule has 1 fully saturated rings. The van der Waals surface area contributed by atoms with Crippen LogP contribution in [-0.4, -0.2) is 31.4 Å². The van der Waals surface area contributed by atoms with Gasteiger partial charge in [0.1, 0.15) is 5.75 Å². The van der Waals surface area contributed by atoms with Crippen molar-refractivity contribution in [3.8, 4) is 5.75 Å². The van der Waals surface area contributed by atoms with Crippen LogP contribution in [0.3, 0.4) is 0 Å². The SMILES string of the molecule is COc1ccc2c(c1)N(C)C(C)(C)C1CCC(CO)CC21. The molecule has 0 radical (unpaired) electrons. The summed E-state index contributed by atoms with van der Waals surface area (Å²) >= 11 is 0. The zero-order valence-electron chi connectivity index (χ0n) is 13.6. The topological polar surface area (TPSA) is 32.7 Å². The maximum atomic E-state index is 9.56. The predicted molar refractivity (Wildman–Crippen MR) is 86.1 cm³/mol. The fraction of sp³-hybridized carbons (Fsp3) is 0.667. The lowest BCUT2D eigenvalue weighted by Crippen LogP contribution is -2.54. The first-order valence-electron chi connectivity index (χ1n) is 8.01. The van der Waals surface area contributed by atoms with Crippen LogP contribution in [0.15, 0.2) is 18.2 Å². The molecule has 1 aliphatic carbocycles. The fourth-order valence-electron chi connectivity index (χ4n) is 4.43. The molecule has 1 aromatic rings.